The molecule has 24 heavy (non-hydrogen) atoms. The Balaban J connectivity index is 2.06. The van der Waals surface area contributed by atoms with Gasteiger partial charge in [-0.1, -0.05) is 74.9 Å². The van der Waals surface area contributed by atoms with Crippen molar-refractivity contribution in [2.24, 2.45) is 0 Å². The molecule has 0 radical (unpaired) electrons. The van der Waals surface area contributed by atoms with Crippen molar-refractivity contribution in [3.63, 3.8) is 0 Å². The molecule has 0 saturated carbocycles. The number of anilines is 2. The van der Waals surface area contributed by atoms with E-state index in [-0.39, 0.29) is 5.41 Å². The van der Waals surface area contributed by atoms with Crippen LogP contribution in [0.25, 0.3) is 11.1 Å². The minimum Gasteiger partial charge on any atom is -0.355 e. The zero-order chi connectivity index (χ0) is 17.2. The summed E-state index contributed by atoms with van der Waals surface area (Å²) < 4.78 is 0. The van der Waals surface area contributed by atoms with Crippen molar-refractivity contribution < 1.29 is 0 Å². The fraction of sp³-hybridized carbons (Fsp3) is 0.217. The average Bonchev–Trinajstić information content (AvgIpc) is 2.57. The van der Waals surface area contributed by atoms with Gasteiger partial charge >= 0.3 is 0 Å². The van der Waals surface area contributed by atoms with Crippen LogP contribution < -0.4 is 5.32 Å². The van der Waals surface area contributed by atoms with Gasteiger partial charge in [-0.25, -0.2) is 0 Å². The van der Waals surface area contributed by atoms with E-state index < -0.39 is 0 Å². The Hall–Kier alpha value is -2.54. The molecule has 3 aromatic carbocycles. The molecule has 0 saturated heterocycles. The zero-order valence-corrected chi connectivity index (χ0v) is 14.9. The third-order valence-corrected chi connectivity index (χ3v) is 4.30. The molecule has 0 aliphatic heterocycles. The van der Waals surface area contributed by atoms with Crippen LogP contribution in [0.15, 0.2) is 72.8 Å². The summed E-state index contributed by atoms with van der Waals surface area (Å²) >= 11 is 0. The second-order valence-corrected chi connectivity index (χ2v) is 7.37. The largest absolute Gasteiger partial charge is 0.355 e. The van der Waals surface area contributed by atoms with Crippen LogP contribution >= 0.6 is 0 Å². The molecule has 0 atom stereocenters. The van der Waals surface area contributed by atoms with Gasteiger partial charge in [-0.05, 0) is 47.7 Å². The molecule has 0 aliphatic carbocycles. The predicted octanol–water partition coefficient (Wildman–Crippen LogP) is 6.70. The van der Waals surface area contributed by atoms with Crippen LogP contribution in [0.2, 0.25) is 0 Å². The molecule has 0 spiro atoms. The highest BCUT2D eigenvalue weighted by atomic mass is 14.9. The summed E-state index contributed by atoms with van der Waals surface area (Å²) in [7, 11) is 0. The van der Waals surface area contributed by atoms with E-state index in [4.69, 9.17) is 0 Å². The molecular formula is C23H25N. The maximum atomic E-state index is 3.58. The first kappa shape index (κ1) is 16.3. The predicted molar refractivity (Wildman–Crippen MR) is 105 cm³/mol. The monoisotopic (exact) mass is 315 g/mol. The van der Waals surface area contributed by atoms with Crippen molar-refractivity contribution in [2.75, 3.05) is 5.32 Å². The summed E-state index contributed by atoms with van der Waals surface area (Å²) in [5.41, 5.74) is 7.47. The molecular weight excluding hydrogens is 290 g/mol. The van der Waals surface area contributed by atoms with Gasteiger partial charge in [-0.2, -0.15) is 0 Å². The lowest BCUT2D eigenvalue weighted by Crippen LogP contribution is -2.11. The van der Waals surface area contributed by atoms with E-state index in [0.717, 1.165) is 11.4 Å². The topological polar surface area (TPSA) is 12.0 Å². The zero-order valence-electron chi connectivity index (χ0n) is 14.9. The standard InChI is InChI=1S/C23H25N/c1-17-10-13-20(14-11-17)24-22-15-12-19(23(2,3)4)16-21(22)18-8-6-5-7-9-18/h5-16,24H,1-4H3. The molecule has 1 N–H and O–H groups in total. The minimum atomic E-state index is 0.131. The van der Waals surface area contributed by atoms with Crippen molar-refractivity contribution >= 4 is 11.4 Å². The Bertz CT molecular complexity index is 809. The quantitative estimate of drug-likeness (QED) is 0.567. The van der Waals surface area contributed by atoms with Gasteiger partial charge in [0.1, 0.15) is 0 Å². The van der Waals surface area contributed by atoms with Gasteiger partial charge in [0.05, 0.1) is 0 Å². The fourth-order valence-corrected chi connectivity index (χ4v) is 2.77. The number of nitrogens with one attached hydrogen (secondary N) is 1. The van der Waals surface area contributed by atoms with Crippen molar-refractivity contribution in [1.82, 2.24) is 0 Å². The molecule has 0 fully saturated rings. The summed E-state index contributed by atoms with van der Waals surface area (Å²) in [6.45, 7) is 8.87. The number of benzene rings is 3. The molecule has 0 unspecified atom stereocenters. The molecule has 1 heteroatoms. The number of rotatable bonds is 3. The highest BCUT2D eigenvalue weighted by Crippen LogP contribution is 2.34. The number of hydrogen-bond donors (Lipinski definition) is 1. The molecule has 122 valence electrons. The Morgan fingerprint density at radius 3 is 2.04 bits per heavy atom. The molecule has 3 rings (SSSR count). The van der Waals surface area contributed by atoms with E-state index in [9.17, 15) is 0 Å². The summed E-state index contributed by atoms with van der Waals surface area (Å²) in [5.74, 6) is 0. The third kappa shape index (κ3) is 3.68. The van der Waals surface area contributed by atoms with Crippen LogP contribution in [0.4, 0.5) is 11.4 Å². The van der Waals surface area contributed by atoms with Gasteiger partial charge in [0.25, 0.3) is 0 Å². The van der Waals surface area contributed by atoms with Crippen LogP contribution in [0.3, 0.4) is 0 Å². The average molecular weight is 315 g/mol. The van der Waals surface area contributed by atoms with E-state index in [2.05, 4.69) is 106 Å². The highest BCUT2D eigenvalue weighted by molar-refractivity contribution is 5.81. The van der Waals surface area contributed by atoms with Crippen LogP contribution in [0.1, 0.15) is 31.9 Å². The van der Waals surface area contributed by atoms with Gasteiger partial charge in [-0.3, -0.25) is 0 Å². The summed E-state index contributed by atoms with van der Waals surface area (Å²) in [6.07, 6.45) is 0. The van der Waals surface area contributed by atoms with Gasteiger partial charge < -0.3 is 5.32 Å². The van der Waals surface area contributed by atoms with Gasteiger partial charge in [0.2, 0.25) is 0 Å². The smallest absolute Gasteiger partial charge is 0.0464 e. The van der Waals surface area contributed by atoms with Crippen molar-refractivity contribution in [3.05, 3.63) is 83.9 Å². The molecule has 0 heterocycles. The van der Waals surface area contributed by atoms with Crippen molar-refractivity contribution in [1.29, 1.82) is 0 Å². The van der Waals surface area contributed by atoms with Crippen molar-refractivity contribution in [3.8, 4) is 11.1 Å². The second-order valence-electron chi connectivity index (χ2n) is 7.37. The SMILES string of the molecule is Cc1ccc(Nc2ccc(C(C)(C)C)cc2-c2ccccc2)cc1. The van der Waals surface area contributed by atoms with Gasteiger partial charge in [0.15, 0.2) is 0 Å². The van der Waals surface area contributed by atoms with Gasteiger partial charge in [0, 0.05) is 16.9 Å². The Morgan fingerprint density at radius 1 is 0.750 bits per heavy atom. The fourth-order valence-electron chi connectivity index (χ4n) is 2.77. The second kappa shape index (κ2) is 6.52. The van der Waals surface area contributed by atoms with E-state index in [1.807, 2.05) is 0 Å². The molecule has 1 nitrogen and oxygen atoms in total. The lowest BCUT2D eigenvalue weighted by atomic mass is 9.85. The number of aryl methyl sites for hydroxylation is 1. The highest BCUT2D eigenvalue weighted by Gasteiger charge is 2.16. The van der Waals surface area contributed by atoms with Gasteiger partial charge in [-0.15, -0.1) is 0 Å². The molecule has 0 bridgehead atoms. The number of hydrogen-bond acceptors (Lipinski definition) is 1. The van der Waals surface area contributed by atoms with E-state index in [1.165, 1.54) is 22.3 Å². The van der Waals surface area contributed by atoms with Crippen molar-refractivity contribution in [2.45, 2.75) is 33.1 Å². The maximum Gasteiger partial charge on any atom is 0.0464 e. The Kier molecular flexibility index (Phi) is 4.44. The normalized spacial score (nSPS) is 11.3. The lowest BCUT2D eigenvalue weighted by molar-refractivity contribution is 0.590. The van der Waals surface area contributed by atoms with Crippen LogP contribution in [0.5, 0.6) is 0 Å². The van der Waals surface area contributed by atoms with E-state index >= 15 is 0 Å². The summed E-state index contributed by atoms with van der Waals surface area (Å²) in [4.78, 5) is 0. The van der Waals surface area contributed by atoms with Crippen LogP contribution in [-0.4, -0.2) is 0 Å². The molecule has 0 aliphatic rings. The third-order valence-electron chi connectivity index (χ3n) is 4.30. The summed E-state index contributed by atoms with van der Waals surface area (Å²) in [6, 6.07) is 25.8. The Morgan fingerprint density at radius 2 is 1.42 bits per heavy atom. The minimum absolute atomic E-state index is 0.131. The first-order chi connectivity index (χ1) is 11.4. The first-order valence-electron chi connectivity index (χ1n) is 8.47. The van der Waals surface area contributed by atoms with Crippen LogP contribution in [0, 0.1) is 6.92 Å². The lowest BCUT2D eigenvalue weighted by Gasteiger charge is -2.22. The molecule has 0 aromatic heterocycles. The van der Waals surface area contributed by atoms with E-state index in [1.54, 1.807) is 0 Å². The first-order valence-corrected chi connectivity index (χ1v) is 8.47. The summed E-state index contributed by atoms with van der Waals surface area (Å²) in [5, 5.41) is 3.58. The Labute approximate surface area is 145 Å². The van der Waals surface area contributed by atoms with Crippen LogP contribution in [-0.2, 0) is 5.41 Å². The molecule has 3 aromatic rings. The maximum absolute atomic E-state index is 3.58. The molecule has 0 amide bonds. The van der Waals surface area contributed by atoms with E-state index in [0.29, 0.717) is 0 Å².